The third kappa shape index (κ3) is 1.57. The predicted octanol–water partition coefficient (Wildman–Crippen LogP) is 2.16. The molecular formula is C15H11N4+. The van der Waals surface area contributed by atoms with Gasteiger partial charge in [-0.2, -0.15) is 0 Å². The summed E-state index contributed by atoms with van der Waals surface area (Å²) in [5.41, 5.74) is 1.83. The number of fused-ring (bicyclic) bond motifs is 2. The van der Waals surface area contributed by atoms with Crippen LogP contribution < -0.4 is 4.52 Å². The minimum Gasteiger partial charge on any atom is -0.123 e. The molecule has 0 spiro atoms. The Morgan fingerprint density at radius 2 is 1.58 bits per heavy atom. The molecule has 0 atom stereocenters. The van der Waals surface area contributed by atoms with Crippen molar-refractivity contribution in [2.24, 2.45) is 0 Å². The van der Waals surface area contributed by atoms with Crippen LogP contribution in [-0.2, 0) is 0 Å². The lowest BCUT2D eigenvalue weighted by Gasteiger charge is -1.98. The predicted molar refractivity (Wildman–Crippen MR) is 72.0 cm³/mol. The first kappa shape index (κ1) is 10.2. The van der Waals surface area contributed by atoms with Crippen LogP contribution in [-0.4, -0.2) is 15.1 Å². The lowest BCUT2D eigenvalue weighted by atomic mass is 10.2. The quantitative estimate of drug-likeness (QED) is 0.483. The van der Waals surface area contributed by atoms with Gasteiger partial charge in [0, 0.05) is 11.5 Å². The second-order valence-corrected chi connectivity index (χ2v) is 4.42. The van der Waals surface area contributed by atoms with Crippen LogP contribution in [0.2, 0.25) is 0 Å². The molecule has 19 heavy (non-hydrogen) atoms. The second kappa shape index (κ2) is 3.88. The maximum atomic E-state index is 4.22. The molecule has 0 amide bonds. The second-order valence-electron chi connectivity index (χ2n) is 4.42. The van der Waals surface area contributed by atoms with Crippen molar-refractivity contribution in [3.63, 3.8) is 0 Å². The maximum Gasteiger partial charge on any atom is 0.330 e. The van der Waals surface area contributed by atoms with E-state index in [1.165, 1.54) is 10.8 Å². The van der Waals surface area contributed by atoms with E-state index >= 15 is 0 Å². The molecule has 0 N–H and O–H groups in total. The minimum absolute atomic E-state index is 0.836. The third-order valence-electron chi connectivity index (χ3n) is 3.20. The number of tetrazole rings is 1. The zero-order valence-corrected chi connectivity index (χ0v) is 10.1. The smallest absolute Gasteiger partial charge is 0.123 e. The Morgan fingerprint density at radius 1 is 0.842 bits per heavy atom. The summed E-state index contributed by atoms with van der Waals surface area (Å²) in [5, 5.41) is 10.8. The molecule has 0 aliphatic rings. The number of rotatable bonds is 1. The first-order valence-electron chi connectivity index (χ1n) is 6.13. The van der Waals surface area contributed by atoms with Crippen molar-refractivity contribution in [3.05, 3.63) is 66.9 Å². The highest BCUT2D eigenvalue weighted by molar-refractivity contribution is 5.82. The molecule has 0 aliphatic carbocycles. The fourth-order valence-corrected chi connectivity index (χ4v) is 2.26. The molecule has 0 saturated heterocycles. The van der Waals surface area contributed by atoms with Gasteiger partial charge in [-0.1, -0.05) is 42.5 Å². The summed E-state index contributed by atoms with van der Waals surface area (Å²) in [7, 11) is 0. The van der Waals surface area contributed by atoms with Crippen LogP contribution in [0.4, 0.5) is 0 Å². The summed E-state index contributed by atoms with van der Waals surface area (Å²) in [5.74, 6) is 0. The summed E-state index contributed by atoms with van der Waals surface area (Å²) in [6.45, 7) is 0. The van der Waals surface area contributed by atoms with Crippen LogP contribution in [0.3, 0.4) is 0 Å². The van der Waals surface area contributed by atoms with Gasteiger partial charge in [0.15, 0.2) is 5.21 Å². The first-order valence-corrected chi connectivity index (χ1v) is 6.13. The van der Waals surface area contributed by atoms with Crippen molar-refractivity contribution in [3.8, 4) is 5.69 Å². The zero-order valence-electron chi connectivity index (χ0n) is 10.1. The van der Waals surface area contributed by atoms with Crippen molar-refractivity contribution in [2.75, 3.05) is 0 Å². The molecule has 2 aromatic heterocycles. The molecule has 2 aromatic carbocycles. The van der Waals surface area contributed by atoms with Crippen LogP contribution in [0.15, 0.2) is 66.9 Å². The fraction of sp³-hybridized carbons (Fsp3) is 0. The van der Waals surface area contributed by atoms with Crippen LogP contribution in [0.5, 0.6) is 0 Å². The molecule has 90 valence electrons. The monoisotopic (exact) mass is 247 g/mol. The van der Waals surface area contributed by atoms with E-state index in [4.69, 9.17) is 0 Å². The Labute approximate surface area is 109 Å². The van der Waals surface area contributed by atoms with E-state index < -0.39 is 0 Å². The molecule has 4 aromatic rings. The molecule has 2 heterocycles. The van der Waals surface area contributed by atoms with Gasteiger partial charge in [0.1, 0.15) is 17.0 Å². The summed E-state index contributed by atoms with van der Waals surface area (Å²) in [4.78, 5) is 1.79. The fourth-order valence-electron chi connectivity index (χ4n) is 2.26. The summed E-state index contributed by atoms with van der Waals surface area (Å²) in [6.07, 6.45) is 2.05. The maximum absolute atomic E-state index is 4.22. The van der Waals surface area contributed by atoms with E-state index in [1.54, 1.807) is 4.80 Å². The first-order chi connectivity index (χ1) is 9.42. The molecule has 0 unspecified atom stereocenters. The van der Waals surface area contributed by atoms with Gasteiger partial charge in [-0.25, -0.2) is 0 Å². The van der Waals surface area contributed by atoms with Gasteiger partial charge < -0.3 is 0 Å². The SMILES string of the molecule is c1ccc(-n2nnc3cc4ccccc4c[n+]32)cc1. The van der Waals surface area contributed by atoms with Crippen molar-refractivity contribution in [1.82, 2.24) is 15.1 Å². The number of hydrogen-bond acceptors (Lipinski definition) is 2. The lowest BCUT2D eigenvalue weighted by Crippen LogP contribution is -2.32. The summed E-state index contributed by atoms with van der Waals surface area (Å²) < 4.78 is 1.96. The standard InChI is InChI=1S/C15H11N4/c1-2-8-14(9-3-1)19-17-16-15-10-12-6-4-5-7-13(12)11-18(15)19/h1-11H/q+1. The third-order valence-corrected chi connectivity index (χ3v) is 3.20. The number of para-hydroxylation sites is 1. The molecule has 0 fully saturated rings. The van der Waals surface area contributed by atoms with Crippen LogP contribution in [0.1, 0.15) is 0 Å². The highest BCUT2D eigenvalue weighted by Crippen LogP contribution is 2.12. The number of aromatic nitrogens is 4. The van der Waals surface area contributed by atoms with Crippen molar-refractivity contribution in [2.45, 2.75) is 0 Å². The molecule has 0 saturated carbocycles. The Kier molecular flexibility index (Phi) is 2.08. The van der Waals surface area contributed by atoms with Gasteiger partial charge in [0.2, 0.25) is 0 Å². The van der Waals surface area contributed by atoms with Crippen molar-refractivity contribution >= 4 is 16.4 Å². The number of hydrogen-bond donors (Lipinski definition) is 0. The van der Waals surface area contributed by atoms with Gasteiger partial charge in [0.25, 0.3) is 0 Å². The Bertz CT molecular complexity index is 865. The van der Waals surface area contributed by atoms with E-state index in [0.29, 0.717) is 0 Å². The highest BCUT2D eigenvalue weighted by Gasteiger charge is 2.14. The largest absolute Gasteiger partial charge is 0.330 e. The van der Waals surface area contributed by atoms with Gasteiger partial charge >= 0.3 is 5.65 Å². The molecule has 0 radical (unpaired) electrons. The van der Waals surface area contributed by atoms with Crippen LogP contribution in [0, 0.1) is 0 Å². The number of pyridine rings is 1. The lowest BCUT2D eigenvalue weighted by molar-refractivity contribution is -0.602. The number of benzene rings is 2. The molecule has 0 aliphatic heterocycles. The summed E-state index contributed by atoms with van der Waals surface area (Å²) in [6, 6.07) is 20.3. The Hall–Kier alpha value is -2.75. The molecule has 4 heteroatoms. The topological polar surface area (TPSA) is 34.8 Å². The van der Waals surface area contributed by atoms with E-state index in [-0.39, 0.29) is 0 Å². The van der Waals surface area contributed by atoms with Crippen molar-refractivity contribution < 1.29 is 4.52 Å². The van der Waals surface area contributed by atoms with Gasteiger partial charge in [-0.3, -0.25) is 0 Å². The Morgan fingerprint density at radius 3 is 2.42 bits per heavy atom. The normalized spacial score (nSPS) is 11.2. The molecule has 4 nitrogen and oxygen atoms in total. The summed E-state index contributed by atoms with van der Waals surface area (Å²) >= 11 is 0. The van der Waals surface area contributed by atoms with Crippen LogP contribution in [0.25, 0.3) is 22.1 Å². The van der Waals surface area contributed by atoms with Gasteiger partial charge in [-0.05, 0) is 22.3 Å². The number of nitrogens with zero attached hydrogens (tertiary/aromatic N) is 4. The van der Waals surface area contributed by atoms with Gasteiger partial charge in [-0.15, -0.1) is 4.52 Å². The highest BCUT2D eigenvalue weighted by atomic mass is 15.6. The van der Waals surface area contributed by atoms with E-state index in [1.807, 2.05) is 53.0 Å². The van der Waals surface area contributed by atoms with E-state index in [9.17, 15) is 0 Å². The average molecular weight is 247 g/mol. The Balaban J connectivity index is 2.05. The molecular weight excluding hydrogens is 236 g/mol. The van der Waals surface area contributed by atoms with Crippen molar-refractivity contribution in [1.29, 1.82) is 0 Å². The molecule has 0 bridgehead atoms. The van der Waals surface area contributed by atoms with E-state index in [0.717, 1.165) is 11.3 Å². The van der Waals surface area contributed by atoms with Crippen LogP contribution >= 0.6 is 0 Å². The minimum atomic E-state index is 0.836. The molecule has 4 rings (SSSR count). The zero-order chi connectivity index (χ0) is 12.7. The van der Waals surface area contributed by atoms with E-state index in [2.05, 4.69) is 28.6 Å². The average Bonchev–Trinajstić information content (AvgIpc) is 2.88. The van der Waals surface area contributed by atoms with Gasteiger partial charge in [0.05, 0.1) is 0 Å².